The molecule has 3 aromatic rings. The van der Waals surface area contributed by atoms with E-state index in [-0.39, 0.29) is 11.8 Å². The maximum atomic E-state index is 12.6. The average Bonchev–Trinajstić information content (AvgIpc) is 3.33. The molecule has 8 heteroatoms. The van der Waals surface area contributed by atoms with E-state index in [1.165, 1.54) is 11.3 Å². The van der Waals surface area contributed by atoms with Crippen molar-refractivity contribution in [3.05, 3.63) is 52.9 Å². The molecule has 1 amide bonds. The number of hydrogen-bond donors (Lipinski definition) is 0. The Labute approximate surface area is 149 Å². The highest BCUT2D eigenvalue weighted by molar-refractivity contribution is 7.11. The Morgan fingerprint density at radius 2 is 1.96 bits per heavy atom. The largest absolute Gasteiger partial charge is 0.338 e. The van der Waals surface area contributed by atoms with Gasteiger partial charge in [0.1, 0.15) is 11.2 Å². The molecule has 1 aliphatic rings. The van der Waals surface area contributed by atoms with Crippen LogP contribution in [0.2, 0.25) is 0 Å². The van der Waals surface area contributed by atoms with Crippen molar-refractivity contribution in [3.63, 3.8) is 0 Å². The standard InChI is InChI=1S/C17H18N6OS/c1-12-15(25-11-21-12)17(24)22-7-2-13(3-8-22)14-16(20-5-4-19-14)23-9-6-18-10-23/h4-6,9-11,13H,2-3,7-8H2,1H3. The SMILES string of the molecule is Cc1ncsc1C(=O)N1CCC(c2nccnc2-n2ccnc2)CC1. The van der Waals surface area contributed by atoms with Crippen molar-refractivity contribution in [1.82, 2.24) is 29.4 Å². The molecule has 0 aromatic carbocycles. The molecule has 0 spiro atoms. The van der Waals surface area contributed by atoms with Crippen molar-refractivity contribution in [2.75, 3.05) is 13.1 Å². The van der Waals surface area contributed by atoms with E-state index >= 15 is 0 Å². The fourth-order valence-electron chi connectivity index (χ4n) is 3.22. The second kappa shape index (κ2) is 6.72. The highest BCUT2D eigenvalue weighted by atomic mass is 32.1. The highest BCUT2D eigenvalue weighted by Gasteiger charge is 2.28. The molecule has 128 valence electrons. The van der Waals surface area contributed by atoms with Gasteiger partial charge in [0.05, 0.1) is 16.9 Å². The number of carbonyl (C=O) groups is 1. The first kappa shape index (κ1) is 15.9. The van der Waals surface area contributed by atoms with Crippen molar-refractivity contribution >= 4 is 17.2 Å². The molecule has 0 N–H and O–H groups in total. The summed E-state index contributed by atoms with van der Waals surface area (Å²) in [5.74, 6) is 1.20. The van der Waals surface area contributed by atoms with Gasteiger partial charge >= 0.3 is 0 Å². The van der Waals surface area contributed by atoms with Gasteiger partial charge in [-0.15, -0.1) is 11.3 Å². The van der Waals surface area contributed by atoms with Crippen LogP contribution in [-0.4, -0.2) is 48.4 Å². The predicted molar refractivity (Wildman–Crippen MR) is 93.9 cm³/mol. The molecule has 4 heterocycles. The van der Waals surface area contributed by atoms with Crippen molar-refractivity contribution in [1.29, 1.82) is 0 Å². The molecule has 1 saturated heterocycles. The molecular formula is C17H18N6OS. The minimum absolute atomic E-state index is 0.0902. The normalized spacial score (nSPS) is 15.5. The first-order valence-electron chi connectivity index (χ1n) is 8.22. The Kier molecular flexibility index (Phi) is 4.27. The minimum Gasteiger partial charge on any atom is -0.338 e. The van der Waals surface area contributed by atoms with E-state index in [9.17, 15) is 4.79 Å². The summed E-state index contributed by atoms with van der Waals surface area (Å²) in [6, 6.07) is 0. The molecule has 7 nitrogen and oxygen atoms in total. The Morgan fingerprint density at radius 3 is 2.64 bits per heavy atom. The highest BCUT2D eigenvalue weighted by Crippen LogP contribution is 2.30. The Hall–Kier alpha value is -2.61. The van der Waals surface area contributed by atoms with E-state index in [0.29, 0.717) is 0 Å². The van der Waals surface area contributed by atoms with Crippen LogP contribution in [0.25, 0.3) is 5.82 Å². The zero-order chi connectivity index (χ0) is 17.2. The molecule has 0 radical (unpaired) electrons. The van der Waals surface area contributed by atoms with E-state index < -0.39 is 0 Å². The molecule has 4 rings (SSSR count). The van der Waals surface area contributed by atoms with Gasteiger partial charge in [-0.25, -0.2) is 15.0 Å². The maximum absolute atomic E-state index is 12.6. The average molecular weight is 354 g/mol. The lowest BCUT2D eigenvalue weighted by Gasteiger charge is -2.32. The topological polar surface area (TPSA) is 76.8 Å². The molecular weight excluding hydrogens is 336 g/mol. The molecule has 3 aromatic heterocycles. The van der Waals surface area contributed by atoms with Crippen LogP contribution in [0, 0.1) is 6.92 Å². The first-order valence-corrected chi connectivity index (χ1v) is 9.10. The number of thiazole rings is 1. The number of piperidine rings is 1. The van der Waals surface area contributed by atoms with Gasteiger partial charge in [0.2, 0.25) is 0 Å². The number of hydrogen-bond acceptors (Lipinski definition) is 6. The summed E-state index contributed by atoms with van der Waals surface area (Å²) in [5, 5.41) is 0. The fraction of sp³-hybridized carbons (Fsp3) is 0.353. The third kappa shape index (κ3) is 3.05. The van der Waals surface area contributed by atoms with Crippen LogP contribution >= 0.6 is 11.3 Å². The zero-order valence-electron chi connectivity index (χ0n) is 13.9. The summed E-state index contributed by atoms with van der Waals surface area (Å²) in [5.41, 5.74) is 3.52. The van der Waals surface area contributed by atoms with E-state index in [1.807, 2.05) is 22.6 Å². The van der Waals surface area contributed by atoms with Gasteiger partial charge in [0, 0.05) is 43.8 Å². The molecule has 0 saturated carbocycles. The quantitative estimate of drug-likeness (QED) is 0.722. The summed E-state index contributed by atoms with van der Waals surface area (Å²) >= 11 is 1.41. The van der Waals surface area contributed by atoms with Crippen LogP contribution in [0.4, 0.5) is 0 Å². The molecule has 1 aliphatic heterocycles. The molecule has 0 unspecified atom stereocenters. The molecule has 0 aliphatic carbocycles. The Morgan fingerprint density at radius 1 is 1.16 bits per heavy atom. The number of aryl methyl sites for hydroxylation is 1. The second-order valence-corrected chi connectivity index (χ2v) is 6.92. The molecule has 25 heavy (non-hydrogen) atoms. The van der Waals surface area contributed by atoms with Crippen molar-refractivity contribution in [2.45, 2.75) is 25.7 Å². The molecule has 0 bridgehead atoms. The van der Waals surface area contributed by atoms with Crippen LogP contribution in [0.1, 0.15) is 39.8 Å². The predicted octanol–water partition coefficient (Wildman–Crippen LogP) is 2.45. The van der Waals surface area contributed by atoms with E-state index in [2.05, 4.69) is 19.9 Å². The van der Waals surface area contributed by atoms with Crippen molar-refractivity contribution in [3.8, 4) is 5.82 Å². The van der Waals surface area contributed by atoms with Gasteiger partial charge in [-0.2, -0.15) is 0 Å². The van der Waals surface area contributed by atoms with Crippen LogP contribution < -0.4 is 0 Å². The smallest absolute Gasteiger partial charge is 0.265 e. The Bertz CT molecular complexity index is 867. The maximum Gasteiger partial charge on any atom is 0.265 e. The number of amides is 1. The van der Waals surface area contributed by atoms with Crippen molar-refractivity contribution < 1.29 is 4.79 Å². The van der Waals surface area contributed by atoms with Gasteiger partial charge < -0.3 is 4.90 Å². The third-order valence-electron chi connectivity index (χ3n) is 4.56. The summed E-state index contributed by atoms with van der Waals surface area (Å²) in [6.07, 6.45) is 10.5. The molecule has 1 fully saturated rings. The first-order chi connectivity index (χ1) is 12.2. The lowest BCUT2D eigenvalue weighted by atomic mass is 9.93. The number of aromatic nitrogens is 5. The Balaban J connectivity index is 1.50. The van der Waals surface area contributed by atoms with E-state index in [1.54, 1.807) is 30.4 Å². The summed E-state index contributed by atoms with van der Waals surface area (Å²) in [4.78, 5) is 32.6. The lowest BCUT2D eigenvalue weighted by molar-refractivity contribution is 0.0716. The van der Waals surface area contributed by atoms with Gasteiger partial charge in [-0.05, 0) is 19.8 Å². The zero-order valence-corrected chi connectivity index (χ0v) is 14.7. The minimum atomic E-state index is 0.0902. The number of rotatable bonds is 3. The fourth-order valence-corrected chi connectivity index (χ4v) is 3.99. The van der Waals surface area contributed by atoms with Crippen LogP contribution in [-0.2, 0) is 0 Å². The molecule has 0 atom stereocenters. The van der Waals surface area contributed by atoms with Gasteiger partial charge in [-0.3, -0.25) is 14.3 Å². The van der Waals surface area contributed by atoms with Gasteiger partial charge in [0.25, 0.3) is 5.91 Å². The van der Waals surface area contributed by atoms with Gasteiger partial charge in [0.15, 0.2) is 5.82 Å². The number of imidazole rings is 1. The number of carbonyl (C=O) groups excluding carboxylic acids is 1. The monoisotopic (exact) mass is 354 g/mol. The van der Waals surface area contributed by atoms with Crippen molar-refractivity contribution in [2.24, 2.45) is 0 Å². The lowest BCUT2D eigenvalue weighted by Crippen LogP contribution is -2.38. The van der Waals surface area contributed by atoms with Crippen LogP contribution in [0.5, 0.6) is 0 Å². The van der Waals surface area contributed by atoms with E-state index in [4.69, 9.17) is 0 Å². The van der Waals surface area contributed by atoms with Crippen LogP contribution in [0.15, 0.2) is 36.6 Å². The van der Waals surface area contributed by atoms with Gasteiger partial charge in [-0.1, -0.05) is 0 Å². The third-order valence-corrected chi connectivity index (χ3v) is 5.48. The summed E-state index contributed by atoms with van der Waals surface area (Å²) < 4.78 is 1.89. The second-order valence-electron chi connectivity index (χ2n) is 6.07. The van der Waals surface area contributed by atoms with Crippen LogP contribution in [0.3, 0.4) is 0 Å². The summed E-state index contributed by atoms with van der Waals surface area (Å²) in [7, 11) is 0. The number of nitrogens with zero attached hydrogens (tertiary/aromatic N) is 6. The number of likely N-dealkylation sites (tertiary alicyclic amines) is 1. The van der Waals surface area contributed by atoms with E-state index in [0.717, 1.165) is 48.0 Å². The summed E-state index contributed by atoms with van der Waals surface area (Å²) in [6.45, 7) is 3.33.